The van der Waals surface area contributed by atoms with Crippen molar-refractivity contribution in [3.05, 3.63) is 11.3 Å². The summed E-state index contributed by atoms with van der Waals surface area (Å²) in [7, 11) is 0. The van der Waals surface area contributed by atoms with Gasteiger partial charge in [-0.25, -0.2) is 0 Å². The minimum absolute atomic E-state index is 0.0271. The number of hydrogen-bond acceptors (Lipinski definition) is 2. The van der Waals surface area contributed by atoms with E-state index in [-0.39, 0.29) is 11.3 Å². The minimum Gasteiger partial charge on any atom is -0.497 e. The van der Waals surface area contributed by atoms with E-state index in [9.17, 15) is 4.79 Å². The van der Waals surface area contributed by atoms with Crippen LogP contribution in [0.3, 0.4) is 0 Å². The number of carbonyl (C=O) groups excluding carboxylic acids is 1. The molecule has 0 fully saturated rings. The van der Waals surface area contributed by atoms with Crippen LogP contribution in [0.4, 0.5) is 0 Å². The van der Waals surface area contributed by atoms with Crippen molar-refractivity contribution in [2.45, 2.75) is 40.0 Å². The highest BCUT2D eigenvalue weighted by molar-refractivity contribution is 5.99. The fraction of sp³-hybridized carbons (Fsp3) is 0.750. The van der Waals surface area contributed by atoms with Gasteiger partial charge in [0, 0.05) is 17.9 Å². The van der Waals surface area contributed by atoms with Gasteiger partial charge in [0.25, 0.3) is 0 Å². The predicted molar refractivity (Wildman–Crippen MR) is 54.8 cm³/mol. The van der Waals surface area contributed by atoms with Gasteiger partial charge in [0.15, 0.2) is 5.78 Å². The van der Waals surface area contributed by atoms with Crippen molar-refractivity contribution in [3.63, 3.8) is 0 Å². The maximum absolute atomic E-state index is 12.0. The van der Waals surface area contributed by atoms with E-state index in [2.05, 4.69) is 13.8 Å². The third-order valence-corrected chi connectivity index (χ3v) is 3.46. The van der Waals surface area contributed by atoms with Crippen molar-refractivity contribution in [1.82, 2.24) is 0 Å². The summed E-state index contributed by atoms with van der Waals surface area (Å²) in [5.41, 5.74) is 1.00. The molecule has 1 aliphatic carbocycles. The number of ether oxygens (including phenoxy) is 1. The molecule has 2 nitrogen and oxygen atoms in total. The summed E-state index contributed by atoms with van der Waals surface area (Å²) in [5.74, 6) is 1.48. The minimum atomic E-state index is 0.0271. The molecular formula is C12H18O2. The summed E-state index contributed by atoms with van der Waals surface area (Å²) >= 11 is 0. The van der Waals surface area contributed by atoms with Crippen LogP contribution in [0, 0.1) is 11.3 Å². The lowest BCUT2D eigenvalue weighted by Gasteiger charge is -2.38. The molecule has 0 spiro atoms. The molecule has 1 unspecified atom stereocenters. The molecule has 2 heteroatoms. The Morgan fingerprint density at radius 2 is 2.14 bits per heavy atom. The van der Waals surface area contributed by atoms with Crippen LogP contribution in [0.25, 0.3) is 0 Å². The molecule has 0 radical (unpaired) electrons. The molecule has 1 aliphatic heterocycles. The van der Waals surface area contributed by atoms with Crippen LogP contribution >= 0.6 is 0 Å². The molecule has 1 heterocycles. The molecule has 1 atom stereocenters. The second-order valence-electron chi connectivity index (χ2n) is 5.08. The summed E-state index contributed by atoms with van der Waals surface area (Å²) in [6.07, 6.45) is 2.86. The fourth-order valence-corrected chi connectivity index (χ4v) is 2.40. The first-order chi connectivity index (χ1) is 6.52. The molecule has 0 aromatic heterocycles. The summed E-state index contributed by atoms with van der Waals surface area (Å²) in [4.78, 5) is 12.0. The van der Waals surface area contributed by atoms with Crippen molar-refractivity contribution in [2.24, 2.45) is 11.3 Å². The van der Waals surface area contributed by atoms with Gasteiger partial charge >= 0.3 is 0 Å². The Bertz CT molecular complexity index is 299. The first kappa shape index (κ1) is 9.75. The van der Waals surface area contributed by atoms with Gasteiger partial charge in [0.05, 0.1) is 6.61 Å². The maximum Gasteiger partial charge on any atom is 0.165 e. The van der Waals surface area contributed by atoms with Gasteiger partial charge in [-0.3, -0.25) is 4.79 Å². The van der Waals surface area contributed by atoms with Crippen molar-refractivity contribution in [3.8, 4) is 0 Å². The molecule has 0 N–H and O–H groups in total. The van der Waals surface area contributed by atoms with Crippen molar-refractivity contribution < 1.29 is 9.53 Å². The van der Waals surface area contributed by atoms with Gasteiger partial charge in [0.2, 0.25) is 0 Å². The third-order valence-electron chi connectivity index (χ3n) is 3.46. The predicted octanol–water partition coefficient (Wildman–Crippen LogP) is 2.69. The van der Waals surface area contributed by atoms with E-state index in [0.29, 0.717) is 5.78 Å². The van der Waals surface area contributed by atoms with Crippen LogP contribution in [0.2, 0.25) is 0 Å². The van der Waals surface area contributed by atoms with E-state index in [4.69, 9.17) is 4.74 Å². The second-order valence-corrected chi connectivity index (χ2v) is 5.08. The Hall–Kier alpha value is -0.790. The molecule has 0 bridgehead atoms. The second kappa shape index (κ2) is 3.11. The van der Waals surface area contributed by atoms with Crippen LogP contribution in [-0.2, 0) is 9.53 Å². The zero-order chi connectivity index (χ0) is 10.3. The van der Waals surface area contributed by atoms with Gasteiger partial charge in [-0.05, 0) is 18.3 Å². The van der Waals surface area contributed by atoms with Crippen molar-refractivity contribution >= 4 is 5.78 Å². The Kier molecular flexibility index (Phi) is 2.17. The van der Waals surface area contributed by atoms with Crippen molar-refractivity contribution in [1.29, 1.82) is 0 Å². The summed E-state index contributed by atoms with van der Waals surface area (Å²) in [6.45, 7) is 7.10. The Morgan fingerprint density at radius 1 is 1.43 bits per heavy atom. The number of Topliss-reactive ketones (excluding diaryl/α,β-unsaturated/α-hetero) is 1. The Morgan fingerprint density at radius 3 is 2.86 bits per heavy atom. The molecule has 0 amide bonds. The largest absolute Gasteiger partial charge is 0.497 e. The molecule has 0 aromatic carbocycles. The number of hydrogen-bond donors (Lipinski definition) is 0. The van der Waals surface area contributed by atoms with Crippen LogP contribution in [0.5, 0.6) is 0 Å². The van der Waals surface area contributed by atoms with E-state index < -0.39 is 0 Å². The molecule has 0 aromatic rings. The number of ketones is 1. The Balaban J connectivity index is 2.43. The fourth-order valence-electron chi connectivity index (χ4n) is 2.40. The summed E-state index contributed by atoms with van der Waals surface area (Å²) in [5, 5.41) is 0. The summed E-state index contributed by atoms with van der Waals surface area (Å²) in [6, 6.07) is 0. The molecule has 2 aliphatic rings. The normalized spacial score (nSPS) is 31.1. The molecule has 78 valence electrons. The lowest BCUT2D eigenvalue weighted by Crippen LogP contribution is -2.35. The zero-order valence-corrected chi connectivity index (χ0v) is 9.22. The zero-order valence-electron chi connectivity index (χ0n) is 9.22. The third kappa shape index (κ3) is 1.37. The van der Waals surface area contributed by atoms with E-state index in [1.807, 2.05) is 6.92 Å². The maximum atomic E-state index is 12.0. The summed E-state index contributed by atoms with van der Waals surface area (Å²) < 4.78 is 5.60. The molecule has 0 saturated carbocycles. The van der Waals surface area contributed by atoms with Gasteiger partial charge < -0.3 is 4.74 Å². The molecule has 14 heavy (non-hydrogen) atoms. The molecular weight excluding hydrogens is 176 g/mol. The monoisotopic (exact) mass is 194 g/mol. The van der Waals surface area contributed by atoms with Gasteiger partial charge in [0.1, 0.15) is 5.76 Å². The van der Waals surface area contributed by atoms with Crippen LogP contribution in [0.15, 0.2) is 11.3 Å². The molecule has 0 saturated heterocycles. The number of carbonyl (C=O) groups is 1. The van der Waals surface area contributed by atoms with Gasteiger partial charge in [-0.15, -0.1) is 0 Å². The van der Waals surface area contributed by atoms with E-state index >= 15 is 0 Å². The van der Waals surface area contributed by atoms with Gasteiger partial charge in [-0.1, -0.05) is 20.8 Å². The lowest BCUT2D eigenvalue weighted by atomic mass is 9.71. The van der Waals surface area contributed by atoms with E-state index in [1.165, 1.54) is 0 Å². The highest BCUT2D eigenvalue weighted by Gasteiger charge is 2.39. The quantitative estimate of drug-likeness (QED) is 0.592. The van der Waals surface area contributed by atoms with Crippen LogP contribution in [0.1, 0.15) is 40.0 Å². The first-order valence-electron chi connectivity index (χ1n) is 5.43. The standard InChI is InChI=1S/C12H18O2/c1-8-4-5-9-10(11(8)13)12(2,3)6-7-14-9/h8H,4-7H2,1-3H3. The smallest absolute Gasteiger partial charge is 0.165 e. The van der Waals surface area contributed by atoms with Crippen LogP contribution in [-0.4, -0.2) is 12.4 Å². The van der Waals surface area contributed by atoms with E-state index in [1.54, 1.807) is 0 Å². The van der Waals surface area contributed by atoms with Crippen molar-refractivity contribution in [2.75, 3.05) is 6.61 Å². The van der Waals surface area contributed by atoms with E-state index in [0.717, 1.165) is 37.2 Å². The Labute approximate surface area is 85.3 Å². The number of allylic oxidation sites excluding steroid dienone is 2. The highest BCUT2D eigenvalue weighted by Crippen LogP contribution is 2.43. The van der Waals surface area contributed by atoms with Crippen LogP contribution < -0.4 is 0 Å². The average molecular weight is 194 g/mol. The molecule has 2 rings (SSSR count). The first-order valence-corrected chi connectivity index (χ1v) is 5.43. The topological polar surface area (TPSA) is 26.3 Å². The van der Waals surface area contributed by atoms with Gasteiger partial charge in [-0.2, -0.15) is 0 Å². The highest BCUT2D eigenvalue weighted by atomic mass is 16.5. The average Bonchev–Trinajstić information content (AvgIpc) is 2.10. The SMILES string of the molecule is CC1CCC2=C(C1=O)C(C)(C)CCO2. The number of rotatable bonds is 0. The lowest BCUT2D eigenvalue weighted by molar-refractivity contribution is -0.121.